The molecule has 23 heavy (non-hydrogen) atoms. The van der Waals surface area contributed by atoms with Crippen LogP contribution in [0, 0.1) is 5.92 Å². The van der Waals surface area contributed by atoms with E-state index in [2.05, 4.69) is 5.32 Å². The molecule has 1 aromatic heterocycles. The van der Waals surface area contributed by atoms with E-state index in [4.69, 9.17) is 0 Å². The smallest absolute Gasteiger partial charge is 0.255 e. The van der Waals surface area contributed by atoms with Gasteiger partial charge in [0.25, 0.3) is 5.56 Å². The number of aromatic nitrogens is 1. The average molecular weight is 310 g/mol. The number of rotatable bonds is 3. The van der Waals surface area contributed by atoms with E-state index in [-0.39, 0.29) is 17.4 Å². The van der Waals surface area contributed by atoms with Crippen molar-refractivity contribution >= 4 is 11.6 Å². The minimum absolute atomic E-state index is 0.0742. The summed E-state index contributed by atoms with van der Waals surface area (Å²) in [5, 5.41) is 2.98. The first-order valence-corrected chi connectivity index (χ1v) is 8.33. The number of nitrogens with zero attached hydrogens (tertiary/aromatic N) is 1. The van der Waals surface area contributed by atoms with Gasteiger partial charge in [-0.2, -0.15) is 0 Å². The van der Waals surface area contributed by atoms with Gasteiger partial charge in [0.1, 0.15) is 0 Å². The Morgan fingerprint density at radius 3 is 2.35 bits per heavy atom. The van der Waals surface area contributed by atoms with E-state index in [1.165, 1.54) is 18.9 Å². The van der Waals surface area contributed by atoms with Gasteiger partial charge in [-0.15, -0.1) is 0 Å². The molecule has 3 rings (SSSR count). The monoisotopic (exact) mass is 310 g/mol. The molecule has 1 fully saturated rings. The zero-order valence-corrected chi connectivity index (χ0v) is 13.2. The largest absolute Gasteiger partial charge is 0.325 e. The Hall–Kier alpha value is -2.36. The van der Waals surface area contributed by atoms with E-state index in [0.29, 0.717) is 5.69 Å². The lowest BCUT2D eigenvalue weighted by Crippen LogP contribution is -2.24. The van der Waals surface area contributed by atoms with Crippen molar-refractivity contribution in [2.45, 2.75) is 38.5 Å². The van der Waals surface area contributed by atoms with Gasteiger partial charge in [0.05, 0.1) is 5.69 Å². The second-order valence-corrected chi connectivity index (χ2v) is 6.14. The molecule has 0 saturated heterocycles. The third-order valence-electron chi connectivity index (χ3n) is 4.44. The zero-order chi connectivity index (χ0) is 16.1. The number of para-hydroxylation sites is 1. The van der Waals surface area contributed by atoms with Crippen LogP contribution in [0.3, 0.4) is 0 Å². The van der Waals surface area contributed by atoms with Crippen LogP contribution in [-0.4, -0.2) is 10.5 Å². The Morgan fingerprint density at radius 2 is 1.65 bits per heavy atom. The standard InChI is InChI=1S/C19H22N2O2/c22-18-13-12-16(14-21(18)17-10-6-3-7-11-17)20-19(23)15-8-4-1-2-5-9-15/h3,6-7,10-15H,1-2,4-5,8-9H2,(H,20,23). The number of amides is 1. The van der Waals surface area contributed by atoms with Crippen molar-refractivity contribution in [1.29, 1.82) is 0 Å². The summed E-state index contributed by atoms with van der Waals surface area (Å²) >= 11 is 0. The number of anilines is 1. The highest BCUT2D eigenvalue weighted by Gasteiger charge is 2.20. The normalized spacial score (nSPS) is 15.8. The fourth-order valence-corrected chi connectivity index (χ4v) is 3.14. The summed E-state index contributed by atoms with van der Waals surface area (Å²) in [4.78, 5) is 24.5. The Kier molecular flexibility index (Phi) is 4.91. The predicted octanol–water partition coefficient (Wildman–Crippen LogP) is 3.75. The van der Waals surface area contributed by atoms with Gasteiger partial charge in [0.15, 0.2) is 0 Å². The number of hydrogen-bond acceptors (Lipinski definition) is 2. The number of nitrogens with one attached hydrogen (secondary N) is 1. The summed E-state index contributed by atoms with van der Waals surface area (Å²) < 4.78 is 1.56. The number of carbonyl (C=O) groups excluding carboxylic acids is 1. The molecule has 0 atom stereocenters. The molecule has 0 aliphatic heterocycles. The molecule has 0 unspecified atom stereocenters. The minimum atomic E-state index is -0.108. The fraction of sp³-hybridized carbons (Fsp3) is 0.368. The van der Waals surface area contributed by atoms with Gasteiger partial charge in [0, 0.05) is 23.9 Å². The Labute approximate surface area is 136 Å². The molecule has 2 aromatic rings. The first-order valence-electron chi connectivity index (χ1n) is 8.33. The van der Waals surface area contributed by atoms with E-state index in [9.17, 15) is 9.59 Å². The van der Waals surface area contributed by atoms with Gasteiger partial charge in [-0.25, -0.2) is 0 Å². The Morgan fingerprint density at radius 1 is 0.957 bits per heavy atom. The lowest BCUT2D eigenvalue weighted by molar-refractivity contribution is -0.120. The van der Waals surface area contributed by atoms with Crippen molar-refractivity contribution in [3.8, 4) is 5.69 Å². The van der Waals surface area contributed by atoms with Crippen LogP contribution in [0.2, 0.25) is 0 Å². The molecular weight excluding hydrogens is 288 g/mol. The molecule has 0 radical (unpaired) electrons. The topological polar surface area (TPSA) is 51.1 Å². The molecule has 1 heterocycles. The number of hydrogen-bond donors (Lipinski definition) is 1. The van der Waals surface area contributed by atoms with Crippen LogP contribution in [0.1, 0.15) is 38.5 Å². The molecule has 1 aliphatic carbocycles. The Balaban J connectivity index is 1.78. The van der Waals surface area contributed by atoms with Crippen molar-refractivity contribution in [1.82, 2.24) is 4.57 Å². The van der Waals surface area contributed by atoms with Crippen LogP contribution in [0.25, 0.3) is 5.69 Å². The average Bonchev–Trinajstić information content (AvgIpc) is 2.87. The summed E-state index contributed by atoms with van der Waals surface area (Å²) in [5.74, 6) is 0.166. The summed E-state index contributed by atoms with van der Waals surface area (Å²) in [6.07, 6.45) is 8.33. The van der Waals surface area contributed by atoms with Crippen molar-refractivity contribution in [3.63, 3.8) is 0 Å². The maximum atomic E-state index is 12.5. The second-order valence-electron chi connectivity index (χ2n) is 6.14. The van der Waals surface area contributed by atoms with Crippen LogP contribution in [0.15, 0.2) is 53.5 Å². The van der Waals surface area contributed by atoms with E-state index in [1.807, 2.05) is 30.3 Å². The quantitative estimate of drug-likeness (QED) is 0.878. The van der Waals surface area contributed by atoms with E-state index < -0.39 is 0 Å². The summed E-state index contributed by atoms with van der Waals surface area (Å²) in [6, 6.07) is 12.6. The fourth-order valence-electron chi connectivity index (χ4n) is 3.14. The number of carbonyl (C=O) groups is 1. The molecule has 1 saturated carbocycles. The minimum Gasteiger partial charge on any atom is -0.325 e. The molecular formula is C19H22N2O2. The van der Waals surface area contributed by atoms with Crippen molar-refractivity contribution in [2.24, 2.45) is 5.92 Å². The first-order chi connectivity index (χ1) is 11.2. The molecule has 120 valence electrons. The highest BCUT2D eigenvalue weighted by atomic mass is 16.2. The molecule has 4 heteroatoms. The third-order valence-corrected chi connectivity index (χ3v) is 4.44. The van der Waals surface area contributed by atoms with Gasteiger partial charge in [-0.3, -0.25) is 14.2 Å². The maximum Gasteiger partial charge on any atom is 0.255 e. The number of pyridine rings is 1. The second kappa shape index (κ2) is 7.27. The summed E-state index contributed by atoms with van der Waals surface area (Å²) in [5.41, 5.74) is 1.36. The maximum absolute atomic E-state index is 12.5. The third kappa shape index (κ3) is 3.89. The molecule has 1 aliphatic rings. The van der Waals surface area contributed by atoms with E-state index in [1.54, 1.807) is 16.8 Å². The van der Waals surface area contributed by atoms with E-state index in [0.717, 1.165) is 31.4 Å². The molecule has 1 aromatic carbocycles. The van der Waals surface area contributed by atoms with Crippen molar-refractivity contribution in [3.05, 3.63) is 59.0 Å². The van der Waals surface area contributed by atoms with Crippen LogP contribution in [0.4, 0.5) is 5.69 Å². The lowest BCUT2D eigenvalue weighted by atomic mass is 9.99. The molecule has 1 N–H and O–H groups in total. The van der Waals surface area contributed by atoms with Crippen molar-refractivity contribution in [2.75, 3.05) is 5.32 Å². The van der Waals surface area contributed by atoms with Gasteiger partial charge >= 0.3 is 0 Å². The van der Waals surface area contributed by atoms with Crippen LogP contribution in [0.5, 0.6) is 0 Å². The summed E-state index contributed by atoms with van der Waals surface area (Å²) in [6.45, 7) is 0. The van der Waals surface area contributed by atoms with Crippen LogP contribution < -0.4 is 10.9 Å². The predicted molar refractivity (Wildman–Crippen MR) is 91.9 cm³/mol. The van der Waals surface area contributed by atoms with Crippen molar-refractivity contribution < 1.29 is 4.79 Å². The molecule has 0 bridgehead atoms. The first kappa shape index (κ1) is 15.5. The van der Waals surface area contributed by atoms with Crippen LogP contribution >= 0.6 is 0 Å². The van der Waals surface area contributed by atoms with Gasteiger partial charge in [-0.1, -0.05) is 43.9 Å². The lowest BCUT2D eigenvalue weighted by Gasteiger charge is -2.15. The zero-order valence-electron chi connectivity index (χ0n) is 13.2. The molecule has 4 nitrogen and oxygen atoms in total. The van der Waals surface area contributed by atoms with Gasteiger partial charge in [-0.05, 0) is 31.0 Å². The Bertz CT molecular complexity index is 714. The van der Waals surface area contributed by atoms with E-state index >= 15 is 0 Å². The summed E-state index contributed by atoms with van der Waals surface area (Å²) in [7, 11) is 0. The highest BCUT2D eigenvalue weighted by molar-refractivity contribution is 5.92. The van der Waals surface area contributed by atoms with Crippen LogP contribution in [-0.2, 0) is 4.79 Å². The van der Waals surface area contributed by atoms with Gasteiger partial charge in [0.2, 0.25) is 5.91 Å². The highest BCUT2D eigenvalue weighted by Crippen LogP contribution is 2.24. The number of benzene rings is 1. The molecule has 0 spiro atoms. The van der Waals surface area contributed by atoms with Gasteiger partial charge < -0.3 is 5.32 Å². The SMILES string of the molecule is O=C(Nc1ccc(=O)n(-c2ccccc2)c1)C1CCCCCC1. The molecule has 1 amide bonds.